The van der Waals surface area contributed by atoms with Gasteiger partial charge in [-0.15, -0.1) is 0 Å². The van der Waals surface area contributed by atoms with Crippen molar-refractivity contribution in [2.24, 2.45) is 0 Å². The molecule has 2 aromatic heterocycles. The minimum atomic E-state index is -0.243. The van der Waals surface area contributed by atoms with E-state index in [1.807, 2.05) is 24.3 Å². The van der Waals surface area contributed by atoms with Gasteiger partial charge in [0.05, 0.1) is 31.3 Å². The second kappa shape index (κ2) is 7.86. The quantitative estimate of drug-likeness (QED) is 0.621. The molecule has 2 atom stereocenters. The lowest BCUT2D eigenvalue weighted by atomic mass is 10.0. The van der Waals surface area contributed by atoms with E-state index in [-0.39, 0.29) is 24.5 Å². The molecule has 0 bridgehead atoms. The molecule has 0 aromatic carbocycles. The van der Waals surface area contributed by atoms with Crippen molar-refractivity contribution in [2.45, 2.75) is 38.4 Å². The van der Waals surface area contributed by atoms with Gasteiger partial charge in [0.2, 0.25) is 0 Å². The van der Waals surface area contributed by atoms with Crippen molar-refractivity contribution in [3.8, 4) is 0 Å². The summed E-state index contributed by atoms with van der Waals surface area (Å²) in [5.74, 6) is -0.243. The lowest BCUT2D eigenvalue weighted by molar-refractivity contribution is -0.140. The van der Waals surface area contributed by atoms with Gasteiger partial charge in [-0.05, 0) is 50.3 Å². The van der Waals surface area contributed by atoms with Crippen LogP contribution in [-0.2, 0) is 9.53 Å². The smallest absolute Gasteiger partial charge is 0.307 e. The van der Waals surface area contributed by atoms with E-state index >= 15 is 0 Å². The Morgan fingerprint density at radius 1 is 1.35 bits per heavy atom. The van der Waals surface area contributed by atoms with E-state index < -0.39 is 0 Å². The highest BCUT2D eigenvalue weighted by Gasteiger charge is 2.41. The van der Waals surface area contributed by atoms with Gasteiger partial charge < -0.3 is 19.5 Å². The Kier molecular flexibility index (Phi) is 5.56. The summed E-state index contributed by atoms with van der Waals surface area (Å²) in [5, 5.41) is 4.03. The number of carbonyl (C=O) groups is 1. The van der Waals surface area contributed by atoms with E-state index in [1.54, 1.807) is 6.20 Å². The molecular formula is C19H24N4O2S. The van der Waals surface area contributed by atoms with Crippen LogP contribution < -0.4 is 5.32 Å². The van der Waals surface area contributed by atoms with Crippen LogP contribution in [0.5, 0.6) is 0 Å². The summed E-state index contributed by atoms with van der Waals surface area (Å²) in [6, 6.07) is 10.2. The van der Waals surface area contributed by atoms with Crippen molar-refractivity contribution in [3.63, 3.8) is 0 Å². The van der Waals surface area contributed by atoms with Crippen LogP contribution in [0.3, 0.4) is 0 Å². The zero-order chi connectivity index (χ0) is 18.7. The first-order valence-corrected chi connectivity index (χ1v) is 9.15. The van der Waals surface area contributed by atoms with Crippen LogP contribution >= 0.6 is 12.2 Å². The number of nitrogens with one attached hydrogen (secondary N) is 1. The number of hydrogen-bond donors (Lipinski definition) is 1. The molecule has 2 aromatic rings. The fourth-order valence-corrected chi connectivity index (χ4v) is 3.74. The van der Waals surface area contributed by atoms with Gasteiger partial charge in [0, 0.05) is 30.7 Å². The summed E-state index contributed by atoms with van der Waals surface area (Å²) < 4.78 is 7.04. The van der Waals surface area contributed by atoms with E-state index in [1.165, 1.54) is 7.11 Å². The number of thiocarbonyl (C=S) groups is 1. The van der Waals surface area contributed by atoms with E-state index in [0.29, 0.717) is 17.7 Å². The molecule has 0 spiro atoms. The molecule has 138 valence electrons. The normalized spacial score (nSPS) is 19.7. The van der Waals surface area contributed by atoms with Crippen molar-refractivity contribution >= 4 is 23.3 Å². The van der Waals surface area contributed by atoms with Gasteiger partial charge in [-0.3, -0.25) is 9.78 Å². The third-order valence-corrected chi connectivity index (χ3v) is 5.01. The predicted molar refractivity (Wildman–Crippen MR) is 104 cm³/mol. The summed E-state index contributed by atoms with van der Waals surface area (Å²) in [7, 11) is 1.40. The van der Waals surface area contributed by atoms with E-state index in [4.69, 9.17) is 17.0 Å². The summed E-state index contributed by atoms with van der Waals surface area (Å²) in [4.78, 5) is 18.3. The van der Waals surface area contributed by atoms with Gasteiger partial charge in [-0.1, -0.05) is 6.07 Å². The molecule has 1 fully saturated rings. The highest BCUT2D eigenvalue weighted by Crippen LogP contribution is 2.39. The number of methoxy groups -OCH3 is 1. The maximum atomic E-state index is 11.7. The largest absolute Gasteiger partial charge is 0.469 e. The Labute approximate surface area is 159 Å². The molecule has 0 radical (unpaired) electrons. The average molecular weight is 372 g/mol. The van der Waals surface area contributed by atoms with Gasteiger partial charge in [-0.2, -0.15) is 0 Å². The second-order valence-electron chi connectivity index (χ2n) is 6.58. The fourth-order valence-electron chi connectivity index (χ4n) is 3.41. The molecule has 1 saturated heterocycles. The van der Waals surface area contributed by atoms with Gasteiger partial charge in [-0.25, -0.2) is 0 Å². The highest BCUT2D eigenvalue weighted by molar-refractivity contribution is 7.80. The first-order valence-electron chi connectivity index (χ1n) is 8.74. The molecule has 0 unspecified atom stereocenters. The number of nitrogens with zero attached hydrogens (tertiary/aromatic N) is 3. The Bertz CT molecular complexity index is 775. The maximum absolute atomic E-state index is 11.7. The van der Waals surface area contributed by atoms with Crippen molar-refractivity contribution in [1.29, 1.82) is 0 Å². The van der Waals surface area contributed by atoms with Crippen LogP contribution in [0.2, 0.25) is 0 Å². The molecule has 0 amide bonds. The molecular weight excluding hydrogens is 348 g/mol. The lowest BCUT2D eigenvalue weighted by Gasteiger charge is -2.29. The molecule has 1 aliphatic heterocycles. The monoisotopic (exact) mass is 372 g/mol. The fraction of sp³-hybridized carbons (Fsp3) is 0.421. The van der Waals surface area contributed by atoms with E-state index in [2.05, 4.69) is 45.9 Å². The topological polar surface area (TPSA) is 59.4 Å². The number of esters is 1. The number of ether oxygens (including phenoxy) is 1. The zero-order valence-electron chi connectivity index (χ0n) is 15.3. The van der Waals surface area contributed by atoms with E-state index in [9.17, 15) is 4.79 Å². The summed E-state index contributed by atoms with van der Waals surface area (Å²) in [5.41, 5.74) is 2.07. The third-order valence-electron chi connectivity index (χ3n) is 4.65. The van der Waals surface area contributed by atoms with Crippen molar-refractivity contribution < 1.29 is 9.53 Å². The Morgan fingerprint density at radius 3 is 2.81 bits per heavy atom. The van der Waals surface area contributed by atoms with Crippen LogP contribution in [0, 0.1) is 0 Å². The SMILES string of the molecule is COC(=O)CCN1C(=S)N[C@H](c2ccccn2)[C@@H]1c1cccn1C(C)C. The first kappa shape index (κ1) is 18.4. The second-order valence-corrected chi connectivity index (χ2v) is 6.97. The molecule has 0 aliphatic carbocycles. The third kappa shape index (κ3) is 3.58. The molecule has 6 nitrogen and oxygen atoms in total. The zero-order valence-corrected chi connectivity index (χ0v) is 16.1. The molecule has 7 heteroatoms. The first-order chi connectivity index (χ1) is 12.5. The number of aromatic nitrogens is 2. The Balaban J connectivity index is 1.99. The summed E-state index contributed by atoms with van der Waals surface area (Å²) in [6.45, 7) is 4.80. The van der Waals surface area contributed by atoms with Crippen LogP contribution in [0.4, 0.5) is 0 Å². The number of pyridine rings is 1. The van der Waals surface area contributed by atoms with E-state index in [0.717, 1.165) is 11.4 Å². The molecule has 0 saturated carbocycles. The number of hydrogen-bond acceptors (Lipinski definition) is 4. The minimum Gasteiger partial charge on any atom is -0.469 e. The molecule has 3 heterocycles. The van der Waals surface area contributed by atoms with Gasteiger partial charge in [0.25, 0.3) is 0 Å². The van der Waals surface area contributed by atoms with Crippen LogP contribution in [0.15, 0.2) is 42.7 Å². The van der Waals surface area contributed by atoms with Crippen LogP contribution in [-0.4, -0.2) is 39.2 Å². The minimum absolute atomic E-state index is 0.0422. The van der Waals surface area contributed by atoms with Crippen molar-refractivity contribution in [2.75, 3.05) is 13.7 Å². The summed E-state index contributed by atoms with van der Waals surface area (Å²) >= 11 is 5.59. The molecule has 26 heavy (non-hydrogen) atoms. The number of carbonyl (C=O) groups excluding carboxylic acids is 1. The van der Waals surface area contributed by atoms with Gasteiger partial charge >= 0.3 is 5.97 Å². The Hall–Kier alpha value is -2.41. The lowest BCUT2D eigenvalue weighted by Crippen LogP contribution is -2.32. The maximum Gasteiger partial charge on any atom is 0.307 e. The van der Waals surface area contributed by atoms with Crippen molar-refractivity contribution in [1.82, 2.24) is 19.8 Å². The van der Waals surface area contributed by atoms with Gasteiger partial charge in [0.15, 0.2) is 5.11 Å². The molecule has 1 N–H and O–H groups in total. The summed E-state index contributed by atoms with van der Waals surface area (Å²) in [6.07, 6.45) is 4.15. The number of rotatable bonds is 6. The van der Waals surface area contributed by atoms with Gasteiger partial charge in [0.1, 0.15) is 0 Å². The highest BCUT2D eigenvalue weighted by atomic mass is 32.1. The van der Waals surface area contributed by atoms with Crippen LogP contribution in [0.25, 0.3) is 0 Å². The molecule has 1 aliphatic rings. The average Bonchev–Trinajstić information content (AvgIpc) is 3.24. The Morgan fingerprint density at radius 2 is 2.15 bits per heavy atom. The molecule has 3 rings (SSSR count). The van der Waals surface area contributed by atoms with Crippen LogP contribution in [0.1, 0.15) is 49.8 Å². The standard InChI is InChI=1S/C19H24N4O2S/c1-13(2)22-11-6-8-15(22)18-17(14-7-4-5-10-20-14)21-19(26)23(18)12-9-16(24)25-3/h4-8,10-11,13,17-18H,9,12H2,1-3H3,(H,21,26)/t17-,18+/m1/s1. The predicted octanol–water partition coefficient (Wildman–Crippen LogP) is 3.00. The van der Waals surface area contributed by atoms with Crippen molar-refractivity contribution in [3.05, 3.63) is 54.1 Å².